The molecule has 0 unspecified atom stereocenters. The Hall–Kier alpha value is -1.66. The van der Waals surface area contributed by atoms with Crippen LogP contribution in [0.3, 0.4) is 0 Å². The van der Waals surface area contributed by atoms with Crippen molar-refractivity contribution >= 4 is 38.6 Å². The minimum absolute atomic E-state index is 0.295. The van der Waals surface area contributed by atoms with E-state index in [1.165, 1.54) is 0 Å². The van der Waals surface area contributed by atoms with Crippen LogP contribution in [0, 0.1) is 0 Å². The smallest absolute Gasteiger partial charge is 0.236 e. The van der Waals surface area contributed by atoms with Crippen molar-refractivity contribution in [2.45, 2.75) is 19.3 Å². The van der Waals surface area contributed by atoms with Crippen molar-refractivity contribution in [1.82, 2.24) is 14.8 Å². The number of likely N-dealkylation sites (tertiary alicyclic amines) is 1. The van der Waals surface area contributed by atoms with Gasteiger partial charge >= 0.3 is 0 Å². The van der Waals surface area contributed by atoms with Crippen molar-refractivity contribution in [3.8, 4) is 0 Å². The van der Waals surface area contributed by atoms with Crippen molar-refractivity contribution in [1.29, 1.82) is 0 Å². The standard InChI is InChI=1S/C20H25BrN4O/c21-17-6-3-5-16-7-8-18(22-20(16)17)24-12-4-9-23(13-14-24)15-19(26)25-10-1-2-11-25/h3,5-8H,1-2,4,9-15H2. The Morgan fingerprint density at radius 1 is 0.962 bits per heavy atom. The molecule has 2 aliphatic heterocycles. The Balaban J connectivity index is 1.42. The maximum atomic E-state index is 12.4. The summed E-state index contributed by atoms with van der Waals surface area (Å²) >= 11 is 3.61. The third-order valence-electron chi connectivity index (χ3n) is 5.39. The molecule has 6 heteroatoms. The van der Waals surface area contributed by atoms with Crippen molar-refractivity contribution in [3.63, 3.8) is 0 Å². The normalized spacial score (nSPS) is 19.1. The van der Waals surface area contributed by atoms with E-state index in [4.69, 9.17) is 4.98 Å². The third-order valence-corrected chi connectivity index (χ3v) is 6.03. The number of fused-ring (bicyclic) bond motifs is 1. The lowest BCUT2D eigenvalue weighted by Crippen LogP contribution is -2.40. The van der Waals surface area contributed by atoms with Gasteiger partial charge in [0, 0.05) is 49.1 Å². The highest BCUT2D eigenvalue weighted by Crippen LogP contribution is 2.25. The Morgan fingerprint density at radius 2 is 1.81 bits per heavy atom. The summed E-state index contributed by atoms with van der Waals surface area (Å²) in [6.07, 6.45) is 3.37. The Labute approximate surface area is 163 Å². The summed E-state index contributed by atoms with van der Waals surface area (Å²) in [6, 6.07) is 10.4. The van der Waals surface area contributed by atoms with E-state index in [0.29, 0.717) is 12.5 Å². The van der Waals surface area contributed by atoms with Crippen LogP contribution in [-0.2, 0) is 4.79 Å². The van der Waals surface area contributed by atoms with Gasteiger partial charge in [-0.1, -0.05) is 12.1 Å². The molecule has 0 saturated carbocycles. The van der Waals surface area contributed by atoms with Crippen LogP contribution in [0.2, 0.25) is 0 Å². The van der Waals surface area contributed by atoms with E-state index in [2.05, 4.69) is 43.9 Å². The predicted octanol–water partition coefficient (Wildman–Crippen LogP) is 3.13. The molecule has 1 aromatic carbocycles. The minimum atomic E-state index is 0.295. The number of amides is 1. The largest absolute Gasteiger partial charge is 0.355 e. The van der Waals surface area contributed by atoms with Gasteiger partial charge < -0.3 is 9.80 Å². The van der Waals surface area contributed by atoms with Gasteiger partial charge in [-0.2, -0.15) is 0 Å². The number of para-hydroxylation sites is 1. The first-order valence-electron chi connectivity index (χ1n) is 9.51. The van der Waals surface area contributed by atoms with Gasteiger partial charge in [0.05, 0.1) is 12.1 Å². The second-order valence-electron chi connectivity index (χ2n) is 7.19. The van der Waals surface area contributed by atoms with Crippen molar-refractivity contribution in [2.75, 3.05) is 50.7 Å². The second kappa shape index (κ2) is 7.92. The summed E-state index contributed by atoms with van der Waals surface area (Å²) in [5.41, 5.74) is 1.01. The van der Waals surface area contributed by atoms with E-state index in [1.54, 1.807) is 0 Å². The molecule has 5 nitrogen and oxygen atoms in total. The van der Waals surface area contributed by atoms with E-state index in [0.717, 1.165) is 79.7 Å². The molecule has 0 aliphatic carbocycles. The lowest BCUT2D eigenvalue weighted by Gasteiger charge is -2.24. The van der Waals surface area contributed by atoms with E-state index < -0.39 is 0 Å². The fraction of sp³-hybridized carbons (Fsp3) is 0.500. The van der Waals surface area contributed by atoms with Gasteiger partial charge in [0.25, 0.3) is 0 Å². The molecule has 1 amide bonds. The molecule has 2 saturated heterocycles. The van der Waals surface area contributed by atoms with E-state index in [1.807, 2.05) is 17.0 Å². The summed E-state index contributed by atoms with van der Waals surface area (Å²) in [4.78, 5) is 24.0. The molecule has 2 fully saturated rings. The Morgan fingerprint density at radius 3 is 2.65 bits per heavy atom. The molecule has 0 spiro atoms. The van der Waals surface area contributed by atoms with Crippen LogP contribution in [0.15, 0.2) is 34.8 Å². The number of hydrogen-bond acceptors (Lipinski definition) is 4. The summed E-state index contributed by atoms with van der Waals surface area (Å²) in [5, 5.41) is 1.15. The zero-order valence-electron chi connectivity index (χ0n) is 15.0. The van der Waals surface area contributed by atoms with Crippen LogP contribution in [0.4, 0.5) is 5.82 Å². The average molecular weight is 417 g/mol. The highest BCUT2D eigenvalue weighted by molar-refractivity contribution is 9.10. The molecule has 2 aliphatic rings. The monoisotopic (exact) mass is 416 g/mol. The van der Waals surface area contributed by atoms with Gasteiger partial charge in [0.1, 0.15) is 5.82 Å². The number of halogens is 1. The number of hydrogen-bond donors (Lipinski definition) is 0. The van der Waals surface area contributed by atoms with Crippen molar-refractivity contribution in [3.05, 3.63) is 34.8 Å². The van der Waals surface area contributed by atoms with Gasteiger partial charge in [-0.05, 0) is 53.4 Å². The topological polar surface area (TPSA) is 39.7 Å². The molecule has 138 valence electrons. The van der Waals surface area contributed by atoms with Gasteiger partial charge in [-0.25, -0.2) is 4.98 Å². The highest BCUT2D eigenvalue weighted by Gasteiger charge is 2.22. The van der Waals surface area contributed by atoms with E-state index in [-0.39, 0.29) is 0 Å². The van der Waals surface area contributed by atoms with Crippen LogP contribution < -0.4 is 4.90 Å². The van der Waals surface area contributed by atoms with E-state index >= 15 is 0 Å². The first-order valence-corrected chi connectivity index (χ1v) is 10.3. The molecule has 0 atom stereocenters. The maximum Gasteiger partial charge on any atom is 0.236 e. The zero-order chi connectivity index (χ0) is 17.9. The number of carbonyl (C=O) groups is 1. The number of nitrogens with zero attached hydrogens (tertiary/aromatic N) is 4. The predicted molar refractivity (Wildman–Crippen MR) is 109 cm³/mol. The number of aromatic nitrogens is 1. The first-order chi connectivity index (χ1) is 12.7. The van der Waals surface area contributed by atoms with Crippen molar-refractivity contribution < 1.29 is 4.79 Å². The number of carbonyl (C=O) groups excluding carboxylic acids is 1. The highest BCUT2D eigenvalue weighted by atomic mass is 79.9. The fourth-order valence-corrected chi connectivity index (χ4v) is 4.36. The lowest BCUT2D eigenvalue weighted by molar-refractivity contribution is -0.131. The molecular formula is C20H25BrN4O. The van der Waals surface area contributed by atoms with E-state index in [9.17, 15) is 4.79 Å². The minimum Gasteiger partial charge on any atom is -0.355 e. The van der Waals surface area contributed by atoms with Gasteiger partial charge in [0.2, 0.25) is 5.91 Å². The Kier molecular flexibility index (Phi) is 5.41. The summed E-state index contributed by atoms with van der Waals surface area (Å²) in [7, 11) is 0. The summed E-state index contributed by atoms with van der Waals surface area (Å²) in [5.74, 6) is 1.32. The summed E-state index contributed by atoms with van der Waals surface area (Å²) < 4.78 is 1.03. The number of benzene rings is 1. The van der Waals surface area contributed by atoms with Crippen LogP contribution >= 0.6 is 15.9 Å². The van der Waals surface area contributed by atoms with Crippen molar-refractivity contribution in [2.24, 2.45) is 0 Å². The molecule has 26 heavy (non-hydrogen) atoms. The number of anilines is 1. The first kappa shape index (κ1) is 17.7. The number of rotatable bonds is 3. The van der Waals surface area contributed by atoms with Gasteiger partial charge in [-0.15, -0.1) is 0 Å². The molecule has 4 rings (SSSR count). The third kappa shape index (κ3) is 3.86. The molecule has 0 radical (unpaired) electrons. The molecule has 0 N–H and O–H groups in total. The van der Waals surface area contributed by atoms with Crippen LogP contribution in [0.25, 0.3) is 10.9 Å². The van der Waals surface area contributed by atoms with Crippen LogP contribution in [0.1, 0.15) is 19.3 Å². The fourth-order valence-electron chi connectivity index (χ4n) is 3.89. The molecule has 0 bridgehead atoms. The molecule has 3 heterocycles. The Bertz CT molecular complexity index is 790. The SMILES string of the molecule is O=C(CN1CCCN(c2ccc3cccc(Br)c3n2)CC1)N1CCCC1. The lowest BCUT2D eigenvalue weighted by atomic mass is 10.2. The van der Waals surface area contributed by atoms with Crippen LogP contribution in [-0.4, -0.2) is 66.5 Å². The quantitative estimate of drug-likeness (QED) is 0.770. The molecular weight excluding hydrogens is 392 g/mol. The number of pyridine rings is 1. The average Bonchev–Trinajstić information content (AvgIpc) is 3.10. The molecule has 2 aromatic rings. The van der Waals surface area contributed by atoms with Gasteiger partial charge in [0.15, 0.2) is 0 Å². The van der Waals surface area contributed by atoms with Gasteiger partial charge in [-0.3, -0.25) is 9.69 Å². The summed E-state index contributed by atoms with van der Waals surface area (Å²) in [6.45, 7) is 6.23. The van der Waals surface area contributed by atoms with Crippen LogP contribution in [0.5, 0.6) is 0 Å². The second-order valence-corrected chi connectivity index (χ2v) is 8.04. The molecule has 1 aromatic heterocycles. The maximum absolute atomic E-state index is 12.4. The zero-order valence-corrected chi connectivity index (χ0v) is 16.6.